The van der Waals surface area contributed by atoms with Crippen molar-refractivity contribution in [1.82, 2.24) is 15.1 Å². The average Bonchev–Trinajstić information content (AvgIpc) is 2.58. The van der Waals surface area contributed by atoms with Crippen LogP contribution in [-0.2, 0) is 16.1 Å². The van der Waals surface area contributed by atoms with Gasteiger partial charge in [0.2, 0.25) is 5.91 Å². The fraction of sp³-hybridized carbons (Fsp3) is 0.529. The molecule has 2 rings (SSSR count). The fourth-order valence-corrected chi connectivity index (χ4v) is 2.57. The molecule has 2 amide bonds. The summed E-state index contributed by atoms with van der Waals surface area (Å²) in [5, 5.41) is 2.75. The molecular weight excluding hydrogens is 294 g/mol. The van der Waals surface area contributed by atoms with E-state index in [9.17, 15) is 9.59 Å². The molecule has 126 valence electrons. The number of amides is 2. The van der Waals surface area contributed by atoms with E-state index >= 15 is 0 Å². The maximum absolute atomic E-state index is 12.5. The first kappa shape index (κ1) is 17.4. The highest BCUT2D eigenvalue weighted by Gasteiger charge is 2.21. The zero-order valence-electron chi connectivity index (χ0n) is 13.9. The Kier molecular flexibility index (Phi) is 6.55. The molecule has 6 heteroatoms. The lowest BCUT2D eigenvalue weighted by molar-refractivity contribution is -0.119. The zero-order valence-corrected chi connectivity index (χ0v) is 13.9. The van der Waals surface area contributed by atoms with Crippen LogP contribution in [0.25, 0.3) is 0 Å². The molecule has 1 N–H and O–H groups in total. The number of hydrogen-bond acceptors (Lipinski definition) is 4. The molecule has 0 radical (unpaired) electrons. The predicted octanol–water partition coefficient (Wildman–Crippen LogP) is 0.727. The highest BCUT2D eigenvalue weighted by molar-refractivity contribution is 5.94. The molecule has 1 aliphatic heterocycles. The van der Waals surface area contributed by atoms with Crippen LogP contribution in [0.5, 0.6) is 0 Å². The number of methoxy groups -OCH3 is 1. The second-order valence-electron chi connectivity index (χ2n) is 5.73. The Morgan fingerprint density at radius 1 is 1.13 bits per heavy atom. The number of carbonyl (C=O) groups is 2. The molecule has 1 heterocycles. The van der Waals surface area contributed by atoms with Gasteiger partial charge in [0.25, 0.3) is 5.91 Å². The van der Waals surface area contributed by atoms with Gasteiger partial charge < -0.3 is 15.0 Å². The molecule has 0 bridgehead atoms. The minimum Gasteiger partial charge on any atom is -0.383 e. The number of nitrogens with zero attached hydrogens (tertiary/aromatic N) is 2. The third-order valence-corrected chi connectivity index (χ3v) is 4.01. The van der Waals surface area contributed by atoms with Crippen molar-refractivity contribution < 1.29 is 14.3 Å². The third-order valence-electron chi connectivity index (χ3n) is 4.01. The van der Waals surface area contributed by atoms with Gasteiger partial charge in [0.1, 0.15) is 0 Å². The van der Waals surface area contributed by atoms with E-state index in [1.165, 1.54) is 6.92 Å². The Labute approximate surface area is 137 Å². The normalized spacial score (nSPS) is 15.5. The van der Waals surface area contributed by atoms with Gasteiger partial charge in [0.05, 0.1) is 6.61 Å². The van der Waals surface area contributed by atoms with Crippen LogP contribution >= 0.6 is 0 Å². The largest absolute Gasteiger partial charge is 0.383 e. The molecule has 1 aromatic carbocycles. The van der Waals surface area contributed by atoms with Gasteiger partial charge in [-0.1, -0.05) is 12.1 Å². The smallest absolute Gasteiger partial charge is 0.253 e. The van der Waals surface area contributed by atoms with Gasteiger partial charge in [-0.3, -0.25) is 14.5 Å². The minimum atomic E-state index is -0.0588. The van der Waals surface area contributed by atoms with Crippen LogP contribution in [0.3, 0.4) is 0 Å². The van der Waals surface area contributed by atoms with Crippen LogP contribution in [-0.4, -0.2) is 68.1 Å². The minimum absolute atomic E-state index is 0.0588. The predicted molar refractivity (Wildman–Crippen MR) is 88.2 cm³/mol. The second-order valence-corrected chi connectivity index (χ2v) is 5.73. The van der Waals surface area contributed by atoms with Crippen LogP contribution in [0.15, 0.2) is 24.3 Å². The van der Waals surface area contributed by atoms with Crippen molar-refractivity contribution in [2.24, 2.45) is 0 Å². The van der Waals surface area contributed by atoms with Crippen LogP contribution in [0.1, 0.15) is 22.8 Å². The Bertz CT molecular complexity index is 522. The van der Waals surface area contributed by atoms with Crippen LogP contribution in [0.4, 0.5) is 0 Å². The maximum atomic E-state index is 12.5. The van der Waals surface area contributed by atoms with Gasteiger partial charge in [0, 0.05) is 58.9 Å². The van der Waals surface area contributed by atoms with E-state index in [4.69, 9.17) is 4.74 Å². The quantitative estimate of drug-likeness (QED) is 0.839. The highest BCUT2D eigenvalue weighted by atomic mass is 16.5. The lowest BCUT2D eigenvalue weighted by Gasteiger charge is -2.34. The van der Waals surface area contributed by atoms with Gasteiger partial charge >= 0.3 is 0 Å². The first-order chi connectivity index (χ1) is 11.1. The summed E-state index contributed by atoms with van der Waals surface area (Å²) < 4.78 is 5.09. The summed E-state index contributed by atoms with van der Waals surface area (Å²) in [5.74, 6) is 0.0129. The van der Waals surface area contributed by atoms with E-state index in [1.54, 1.807) is 7.11 Å². The topological polar surface area (TPSA) is 61.9 Å². The van der Waals surface area contributed by atoms with Gasteiger partial charge in [-0.25, -0.2) is 0 Å². The monoisotopic (exact) mass is 319 g/mol. The molecule has 0 atom stereocenters. The van der Waals surface area contributed by atoms with Gasteiger partial charge in [-0.05, 0) is 17.7 Å². The molecule has 6 nitrogen and oxygen atoms in total. The summed E-state index contributed by atoms with van der Waals surface area (Å²) in [5.41, 5.74) is 1.68. The van der Waals surface area contributed by atoms with Gasteiger partial charge in [-0.2, -0.15) is 0 Å². The van der Waals surface area contributed by atoms with Crippen molar-refractivity contribution in [1.29, 1.82) is 0 Å². The van der Waals surface area contributed by atoms with Crippen molar-refractivity contribution in [3.63, 3.8) is 0 Å². The van der Waals surface area contributed by atoms with E-state index < -0.39 is 0 Å². The number of benzene rings is 1. The Balaban J connectivity index is 1.85. The number of carbonyl (C=O) groups excluding carboxylic acids is 2. The molecule has 0 unspecified atom stereocenters. The van der Waals surface area contributed by atoms with Crippen molar-refractivity contribution in [2.45, 2.75) is 13.5 Å². The lowest BCUT2D eigenvalue weighted by atomic mass is 10.1. The summed E-state index contributed by atoms with van der Waals surface area (Å²) in [6.07, 6.45) is 0. The number of piperazine rings is 1. The molecule has 0 spiro atoms. The average molecular weight is 319 g/mol. The van der Waals surface area contributed by atoms with Gasteiger partial charge in [-0.15, -0.1) is 0 Å². The van der Waals surface area contributed by atoms with Crippen molar-refractivity contribution in [3.05, 3.63) is 35.4 Å². The first-order valence-corrected chi connectivity index (χ1v) is 7.94. The molecule has 0 aliphatic carbocycles. The van der Waals surface area contributed by atoms with Gasteiger partial charge in [0.15, 0.2) is 0 Å². The summed E-state index contributed by atoms with van der Waals surface area (Å²) in [6.45, 7) is 6.88. The summed E-state index contributed by atoms with van der Waals surface area (Å²) in [7, 11) is 1.70. The van der Waals surface area contributed by atoms with Crippen molar-refractivity contribution >= 4 is 11.8 Å². The number of nitrogens with one attached hydrogen (secondary N) is 1. The molecule has 0 aromatic heterocycles. The summed E-state index contributed by atoms with van der Waals surface area (Å²) in [4.78, 5) is 27.6. The van der Waals surface area contributed by atoms with Crippen LogP contribution < -0.4 is 5.32 Å². The van der Waals surface area contributed by atoms with E-state index in [-0.39, 0.29) is 11.8 Å². The molecule has 1 aromatic rings. The lowest BCUT2D eigenvalue weighted by Crippen LogP contribution is -2.49. The zero-order chi connectivity index (χ0) is 16.7. The van der Waals surface area contributed by atoms with Crippen molar-refractivity contribution in [2.75, 3.05) is 46.4 Å². The van der Waals surface area contributed by atoms with E-state index in [1.807, 2.05) is 29.2 Å². The molecule has 1 saturated heterocycles. The Morgan fingerprint density at radius 3 is 2.35 bits per heavy atom. The first-order valence-electron chi connectivity index (χ1n) is 7.94. The van der Waals surface area contributed by atoms with Crippen LogP contribution in [0.2, 0.25) is 0 Å². The number of hydrogen-bond donors (Lipinski definition) is 1. The summed E-state index contributed by atoms with van der Waals surface area (Å²) >= 11 is 0. The Morgan fingerprint density at radius 2 is 1.78 bits per heavy atom. The molecule has 23 heavy (non-hydrogen) atoms. The standard InChI is InChI=1S/C17H25N3O3/c1-14(21)18-13-15-3-5-16(6-4-15)17(22)20-9-7-19(8-10-20)11-12-23-2/h3-6H,7-13H2,1-2H3,(H,18,21). The Hall–Kier alpha value is -1.92. The van der Waals surface area contributed by atoms with E-state index in [2.05, 4.69) is 10.2 Å². The number of ether oxygens (including phenoxy) is 1. The van der Waals surface area contributed by atoms with Crippen molar-refractivity contribution in [3.8, 4) is 0 Å². The molecule has 1 aliphatic rings. The molecule has 0 saturated carbocycles. The SMILES string of the molecule is COCCN1CCN(C(=O)c2ccc(CNC(C)=O)cc2)CC1. The summed E-state index contributed by atoms with van der Waals surface area (Å²) in [6, 6.07) is 7.43. The van der Waals surface area contributed by atoms with E-state index in [0.717, 1.165) is 44.9 Å². The fourth-order valence-electron chi connectivity index (χ4n) is 2.57. The highest BCUT2D eigenvalue weighted by Crippen LogP contribution is 2.10. The molecule has 1 fully saturated rings. The third kappa shape index (κ3) is 5.33. The molecular formula is C17H25N3O3. The van der Waals surface area contributed by atoms with Crippen LogP contribution in [0, 0.1) is 0 Å². The van der Waals surface area contributed by atoms with E-state index in [0.29, 0.717) is 12.1 Å². The second kappa shape index (κ2) is 8.64. The number of rotatable bonds is 6. The maximum Gasteiger partial charge on any atom is 0.253 e.